The van der Waals surface area contributed by atoms with Gasteiger partial charge in [0.05, 0.1) is 18.8 Å². The van der Waals surface area contributed by atoms with Crippen molar-refractivity contribution in [1.82, 2.24) is 4.90 Å². The molecule has 0 radical (unpaired) electrons. The monoisotopic (exact) mass is 475 g/mol. The Morgan fingerprint density at radius 2 is 1.39 bits per heavy atom. The molecule has 1 aliphatic rings. The second-order valence-corrected chi connectivity index (χ2v) is 22.6. The third-order valence-electron chi connectivity index (χ3n) is 7.09. The lowest BCUT2D eigenvalue weighted by Crippen LogP contribution is -2.62. The highest BCUT2D eigenvalue weighted by atomic mass is 28.4. The SMILES string of the molecule is CC(C)(C)OC(=O)N1C(O)CC[C@@H](O[Si](C)(C)C(C)(C)C)[C@H]1CO[Si](C)(C)C(C)(C)C. The number of hydrogen-bond acceptors (Lipinski definition) is 5. The average molecular weight is 476 g/mol. The minimum atomic E-state index is -2.08. The normalized spacial score (nSPS) is 24.3. The van der Waals surface area contributed by atoms with Crippen LogP contribution in [0.5, 0.6) is 0 Å². The van der Waals surface area contributed by atoms with E-state index >= 15 is 0 Å². The highest BCUT2D eigenvalue weighted by Crippen LogP contribution is 2.41. The maximum atomic E-state index is 13.1. The number of carbonyl (C=O) groups excluding carboxylic acids is 1. The van der Waals surface area contributed by atoms with Crippen molar-refractivity contribution < 1.29 is 23.5 Å². The lowest BCUT2D eigenvalue weighted by atomic mass is 9.98. The first-order chi connectivity index (χ1) is 13.6. The molecule has 0 bridgehead atoms. The van der Waals surface area contributed by atoms with E-state index in [9.17, 15) is 9.90 Å². The summed E-state index contributed by atoms with van der Waals surface area (Å²) in [4.78, 5) is 14.6. The number of rotatable bonds is 5. The molecule has 0 aliphatic carbocycles. The zero-order valence-electron chi connectivity index (χ0n) is 22.4. The van der Waals surface area contributed by atoms with E-state index in [0.717, 1.165) is 0 Å². The summed E-state index contributed by atoms with van der Waals surface area (Å²) in [7, 11) is -4.14. The van der Waals surface area contributed by atoms with Crippen molar-refractivity contribution in [2.75, 3.05) is 6.61 Å². The Balaban J connectivity index is 3.27. The summed E-state index contributed by atoms with van der Waals surface area (Å²) in [5, 5.41) is 10.9. The van der Waals surface area contributed by atoms with E-state index in [1.54, 1.807) is 0 Å². The number of aliphatic hydroxyl groups is 1. The van der Waals surface area contributed by atoms with Crippen LogP contribution in [0, 0.1) is 0 Å². The highest BCUT2D eigenvalue weighted by molar-refractivity contribution is 6.74. The highest BCUT2D eigenvalue weighted by Gasteiger charge is 2.48. The quantitative estimate of drug-likeness (QED) is 0.485. The van der Waals surface area contributed by atoms with Gasteiger partial charge >= 0.3 is 6.09 Å². The van der Waals surface area contributed by atoms with Gasteiger partial charge in [0.1, 0.15) is 11.8 Å². The molecule has 0 aromatic heterocycles. The van der Waals surface area contributed by atoms with E-state index in [2.05, 4.69) is 67.7 Å². The summed E-state index contributed by atoms with van der Waals surface area (Å²) in [5.41, 5.74) is -0.644. The van der Waals surface area contributed by atoms with Crippen molar-refractivity contribution in [2.24, 2.45) is 0 Å². The van der Waals surface area contributed by atoms with E-state index in [1.807, 2.05) is 20.8 Å². The molecule has 0 aromatic carbocycles. The molecular formula is C23H49NO5Si2. The zero-order chi connectivity index (χ0) is 24.6. The number of carbonyl (C=O) groups is 1. The number of ether oxygens (including phenoxy) is 1. The van der Waals surface area contributed by atoms with Crippen LogP contribution in [0.3, 0.4) is 0 Å². The molecule has 1 fully saturated rings. The summed E-state index contributed by atoms with van der Waals surface area (Å²) in [5.74, 6) is 0. The minimum absolute atomic E-state index is 0.0463. The molecule has 31 heavy (non-hydrogen) atoms. The summed E-state index contributed by atoms with van der Waals surface area (Å²) in [6.07, 6.45) is -0.441. The fourth-order valence-electron chi connectivity index (χ4n) is 3.01. The van der Waals surface area contributed by atoms with Gasteiger partial charge in [0.25, 0.3) is 0 Å². The van der Waals surface area contributed by atoms with Crippen molar-refractivity contribution in [1.29, 1.82) is 0 Å². The van der Waals surface area contributed by atoms with Crippen LogP contribution in [-0.4, -0.2) is 63.3 Å². The molecule has 184 valence electrons. The van der Waals surface area contributed by atoms with Crippen LogP contribution < -0.4 is 0 Å². The van der Waals surface area contributed by atoms with E-state index in [0.29, 0.717) is 19.4 Å². The van der Waals surface area contributed by atoms with Crippen LogP contribution in [0.4, 0.5) is 4.79 Å². The maximum Gasteiger partial charge on any atom is 0.412 e. The number of hydrogen-bond donors (Lipinski definition) is 1. The number of piperidine rings is 1. The van der Waals surface area contributed by atoms with Crippen LogP contribution in [0.15, 0.2) is 0 Å². The van der Waals surface area contributed by atoms with Gasteiger partial charge in [-0.25, -0.2) is 4.79 Å². The Hall–Kier alpha value is -0.416. The predicted octanol–water partition coefficient (Wildman–Crippen LogP) is 6.12. The molecule has 1 saturated heterocycles. The van der Waals surface area contributed by atoms with Gasteiger partial charge in [-0.15, -0.1) is 0 Å². The molecule has 1 amide bonds. The number of likely N-dealkylation sites (tertiary alicyclic amines) is 1. The molecule has 0 saturated carbocycles. The number of nitrogens with zero attached hydrogens (tertiary/aromatic N) is 1. The Labute approximate surface area is 193 Å². The standard InChI is InChI=1S/C23H49NO5Si2/c1-21(2,3)28-20(26)24-17(16-27-30(10,11)22(4,5)6)18(14-15-19(24)25)29-31(12,13)23(7,8)9/h17-19,25H,14-16H2,1-13H3/t17-,18-,19?/m1/s1. The Kier molecular flexibility index (Phi) is 8.72. The van der Waals surface area contributed by atoms with Crippen molar-refractivity contribution in [3.63, 3.8) is 0 Å². The second-order valence-electron chi connectivity index (χ2n) is 13.0. The van der Waals surface area contributed by atoms with Crippen molar-refractivity contribution in [3.8, 4) is 0 Å². The van der Waals surface area contributed by atoms with Gasteiger partial charge in [0.15, 0.2) is 16.6 Å². The number of amides is 1. The van der Waals surface area contributed by atoms with Crippen LogP contribution in [0.1, 0.15) is 75.2 Å². The van der Waals surface area contributed by atoms with Gasteiger partial charge in [-0.05, 0) is 69.9 Å². The lowest BCUT2D eigenvalue weighted by molar-refractivity contribution is -0.109. The first-order valence-corrected chi connectivity index (χ1v) is 17.4. The Morgan fingerprint density at radius 1 is 0.903 bits per heavy atom. The first-order valence-electron chi connectivity index (χ1n) is 11.6. The summed E-state index contributed by atoms with van der Waals surface area (Å²) >= 11 is 0. The van der Waals surface area contributed by atoms with Gasteiger partial charge in [0, 0.05) is 0 Å². The van der Waals surface area contributed by atoms with Gasteiger partial charge in [-0.1, -0.05) is 41.5 Å². The van der Waals surface area contributed by atoms with E-state index in [-0.39, 0.29) is 22.2 Å². The summed E-state index contributed by atoms with van der Waals surface area (Å²) in [6.45, 7) is 27.9. The Morgan fingerprint density at radius 3 is 1.81 bits per heavy atom. The number of aliphatic hydroxyl groups excluding tert-OH is 1. The Bertz CT molecular complexity index is 617. The topological polar surface area (TPSA) is 68.2 Å². The molecule has 1 aliphatic heterocycles. The average Bonchev–Trinajstić information content (AvgIpc) is 2.50. The first kappa shape index (κ1) is 28.6. The molecule has 1 unspecified atom stereocenters. The van der Waals surface area contributed by atoms with Crippen LogP contribution >= 0.6 is 0 Å². The second kappa shape index (κ2) is 9.45. The smallest absolute Gasteiger partial charge is 0.412 e. The summed E-state index contributed by atoms with van der Waals surface area (Å²) in [6, 6.07) is -0.387. The van der Waals surface area contributed by atoms with E-state index in [4.69, 9.17) is 13.6 Å². The van der Waals surface area contributed by atoms with Crippen LogP contribution in [0.25, 0.3) is 0 Å². The summed E-state index contributed by atoms with van der Waals surface area (Å²) < 4.78 is 19.0. The molecule has 8 heteroatoms. The van der Waals surface area contributed by atoms with Gasteiger partial charge in [0.2, 0.25) is 0 Å². The van der Waals surface area contributed by atoms with Gasteiger partial charge in [-0.2, -0.15) is 0 Å². The maximum absolute atomic E-state index is 13.1. The zero-order valence-corrected chi connectivity index (χ0v) is 24.4. The third kappa shape index (κ3) is 7.55. The predicted molar refractivity (Wildman–Crippen MR) is 132 cm³/mol. The van der Waals surface area contributed by atoms with Crippen LogP contribution in [0.2, 0.25) is 36.3 Å². The van der Waals surface area contributed by atoms with Gasteiger partial charge < -0.3 is 18.7 Å². The molecule has 1 heterocycles. The molecular weight excluding hydrogens is 426 g/mol. The van der Waals surface area contributed by atoms with Crippen molar-refractivity contribution >= 4 is 22.7 Å². The molecule has 1 rings (SSSR count). The molecule has 1 N–H and O–H groups in total. The lowest BCUT2D eigenvalue weighted by Gasteiger charge is -2.49. The molecule has 6 nitrogen and oxygen atoms in total. The van der Waals surface area contributed by atoms with Crippen molar-refractivity contribution in [2.45, 2.75) is 135 Å². The fourth-order valence-corrected chi connectivity index (χ4v) is 5.41. The van der Waals surface area contributed by atoms with E-state index in [1.165, 1.54) is 4.90 Å². The van der Waals surface area contributed by atoms with Crippen molar-refractivity contribution in [3.05, 3.63) is 0 Å². The minimum Gasteiger partial charge on any atom is -0.444 e. The fraction of sp³-hybridized carbons (Fsp3) is 0.957. The molecule has 3 atom stereocenters. The molecule has 0 aromatic rings. The largest absolute Gasteiger partial charge is 0.444 e. The van der Waals surface area contributed by atoms with E-state index < -0.39 is 34.6 Å². The van der Waals surface area contributed by atoms with Crippen LogP contribution in [-0.2, 0) is 13.6 Å². The molecule has 0 spiro atoms. The van der Waals surface area contributed by atoms with Gasteiger partial charge in [-0.3, -0.25) is 4.90 Å². The third-order valence-corrected chi connectivity index (χ3v) is 16.1.